The van der Waals surface area contributed by atoms with Gasteiger partial charge in [0.1, 0.15) is 0 Å². The highest BCUT2D eigenvalue weighted by molar-refractivity contribution is 4.83. The second-order valence-corrected chi connectivity index (χ2v) is 6.39. The SMILES string of the molecule is CCCCC(CC)COCC(O)CNC(C)(C)C(C)O. The molecule has 4 heteroatoms. The van der Waals surface area contributed by atoms with Crippen LogP contribution in [0.25, 0.3) is 0 Å². The van der Waals surface area contributed by atoms with E-state index in [0.717, 1.165) is 13.0 Å². The fourth-order valence-electron chi connectivity index (χ4n) is 1.86. The highest BCUT2D eigenvalue weighted by atomic mass is 16.5. The molecule has 0 saturated carbocycles. The predicted molar refractivity (Wildman–Crippen MR) is 83.9 cm³/mol. The van der Waals surface area contributed by atoms with Gasteiger partial charge in [0.15, 0.2) is 0 Å². The van der Waals surface area contributed by atoms with Crippen LogP contribution in [0.4, 0.5) is 0 Å². The van der Waals surface area contributed by atoms with Crippen LogP contribution in [0.3, 0.4) is 0 Å². The van der Waals surface area contributed by atoms with E-state index in [2.05, 4.69) is 19.2 Å². The Morgan fingerprint density at radius 3 is 2.30 bits per heavy atom. The van der Waals surface area contributed by atoms with Gasteiger partial charge in [0.2, 0.25) is 0 Å². The van der Waals surface area contributed by atoms with Crippen LogP contribution in [0, 0.1) is 5.92 Å². The molecular formula is C16H35NO3. The first kappa shape index (κ1) is 19.8. The van der Waals surface area contributed by atoms with E-state index in [1.807, 2.05) is 13.8 Å². The second-order valence-electron chi connectivity index (χ2n) is 6.39. The summed E-state index contributed by atoms with van der Waals surface area (Å²) >= 11 is 0. The average Bonchev–Trinajstić information content (AvgIpc) is 2.40. The van der Waals surface area contributed by atoms with Gasteiger partial charge in [0.25, 0.3) is 0 Å². The van der Waals surface area contributed by atoms with E-state index in [-0.39, 0.29) is 0 Å². The molecule has 122 valence electrons. The summed E-state index contributed by atoms with van der Waals surface area (Å²) in [7, 11) is 0. The maximum atomic E-state index is 9.89. The molecular weight excluding hydrogens is 254 g/mol. The third kappa shape index (κ3) is 8.90. The molecule has 0 rings (SSSR count). The van der Waals surface area contributed by atoms with Gasteiger partial charge in [0.05, 0.1) is 18.8 Å². The summed E-state index contributed by atoms with van der Waals surface area (Å²) in [5, 5.41) is 22.6. The van der Waals surface area contributed by atoms with Gasteiger partial charge in [0, 0.05) is 18.7 Å². The van der Waals surface area contributed by atoms with Crippen LogP contribution >= 0.6 is 0 Å². The number of rotatable bonds is 12. The highest BCUT2D eigenvalue weighted by Gasteiger charge is 2.24. The van der Waals surface area contributed by atoms with Crippen molar-refractivity contribution in [1.82, 2.24) is 5.32 Å². The largest absolute Gasteiger partial charge is 0.392 e. The molecule has 20 heavy (non-hydrogen) atoms. The smallest absolute Gasteiger partial charge is 0.0897 e. The van der Waals surface area contributed by atoms with Gasteiger partial charge >= 0.3 is 0 Å². The third-order valence-electron chi connectivity index (χ3n) is 4.04. The molecule has 0 bridgehead atoms. The Balaban J connectivity index is 3.79. The Kier molecular flexibility index (Phi) is 10.5. The Bertz CT molecular complexity index is 232. The van der Waals surface area contributed by atoms with Crippen LogP contribution in [-0.4, -0.2) is 47.7 Å². The minimum absolute atomic E-state index is 0.353. The standard InChI is InChI=1S/C16H35NO3/c1-6-8-9-14(7-2)11-20-12-15(19)10-17-16(4,5)13(3)18/h13-15,17-19H,6-12H2,1-5H3. The van der Waals surface area contributed by atoms with Gasteiger partial charge in [-0.05, 0) is 33.1 Å². The van der Waals surface area contributed by atoms with Crippen molar-refractivity contribution in [2.24, 2.45) is 5.92 Å². The molecule has 0 spiro atoms. The zero-order chi connectivity index (χ0) is 15.6. The quantitative estimate of drug-likeness (QED) is 0.516. The number of β-amino-alcohol motifs (C(OH)–C–C–N with tert-alkyl or cyclic N) is 1. The topological polar surface area (TPSA) is 61.7 Å². The van der Waals surface area contributed by atoms with Crippen LogP contribution in [0.15, 0.2) is 0 Å². The van der Waals surface area contributed by atoms with Gasteiger partial charge < -0.3 is 20.3 Å². The van der Waals surface area contributed by atoms with Crippen LogP contribution in [0.1, 0.15) is 60.3 Å². The molecule has 3 N–H and O–H groups in total. The van der Waals surface area contributed by atoms with Crippen LogP contribution in [0.2, 0.25) is 0 Å². The Morgan fingerprint density at radius 1 is 1.15 bits per heavy atom. The summed E-state index contributed by atoms with van der Waals surface area (Å²) in [6.45, 7) is 11.5. The van der Waals surface area contributed by atoms with Crippen LogP contribution in [0.5, 0.6) is 0 Å². The van der Waals surface area contributed by atoms with Crippen molar-refractivity contribution in [3.8, 4) is 0 Å². The molecule has 0 aromatic heterocycles. The van der Waals surface area contributed by atoms with E-state index < -0.39 is 17.7 Å². The monoisotopic (exact) mass is 289 g/mol. The molecule has 0 saturated heterocycles. The zero-order valence-corrected chi connectivity index (χ0v) is 14.0. The van der Waals surface area contributed by atoms with E-state index in [0.29, 0.717) is 19.1 Å². The van der Waals surface area contributed by atoms with E-state index in [9.17, 15) is 10.2 Å². The first-order chi connectivity index (χ1) is 9.33. The van der Waals surface area contributed by atoms with Gasteiger partial charge in [-0.25, -0.2) is 0 Å². The number of unbranched alkanes of at least 4 members (excludes halogenated alkanes) is 1. The summed E-state index contributed by atoms with van der Waals surface area (Å²) in [6, 6.07) is 0. The molecule has 0 aromatic rings. The summed E-state index contributed by atoms with van der Waals surface area (Å²) in [4.78, 5) is 0. The molecule has 3 atom stereocenters. The Hall–Kier alpha value is -0.160. The Morgan fingerprint density at radius 2 is 1.80 bits per heavy atom. The number of aliphatic hydroxyl groups excluding tert-OH is 2. The maximum Gasteiger partial charge on any atom is 0.0897 e. The van der Waals surface area contributed by atoms with Crippen molar-refractivity contribution in [3.63, 3.8) is 0 Å². The summed E-state index contributed by atoms with van der Waals surface area (Å²) in [6.07, 6.45) is 3.80. The fourth-order valence-corrected chi connectivity index (χ4v) is 1.86. The molecule has 0 aliphatic rings. The lowest BCUT2D eigenvalue weighted by atomic mass is 9.98. The molecule has 3 unspecified atom stereocenters. The van der Waals surface area contributed by atoms with Gasteiger partial charge in [-0.1, -0.05) is 33.1 Å². The number of hydrogen-bond donors (Lipinski definition) is 3. The minimum Gasteiger partial charge on any atom is -0.392 e. The fraction of sp³-hybridized carbons (Fsp3) is 1.00. The van der Waals surface area contributed by atoms with Crippen molar-refractivity contribution in [3.05, 3.63) is 0 Å². The lowest BCUT2D eigenvalue weighted by Crippen LogP contribution is -2.51. The molecule has 0 heterocycles. The number of ether oxygens (including phenoxy) is 1. The number of nitrogens with one attached hydrogen (secondary N) is 1. The molecule has 0 radical (unpaired) electrons. The first-order valence-corrected chi connectivity index (χ1v) is 8.02. The third-order valence-corrected chi connectivity index (χ3v) is 4.04. The Labute approximate surface area is 124 Å². The average molecular weight is 289 g/mol. The van der Waals surface area contributed by atoms with E-state index in [1.165, 1.54) is 19.3 Å². The molecule has 0 aliphatic carbocycles. The summed E-state index contributed by atoms with van der Waals surface area (Å²) < 4.78 is 5.62. The molecule has 0 fully saturated rings. The maximum absolute atomic E-state index is 9.89. The van der Waals surface area contributed by atoms with Crippen molar-refractivity contribution in [2.75, 3.05) is 19.8 Å². The molecule has 4 nitrogen and oxygen atoms in total. The van der Waals surface area contributed by atoms with Crippen LogP contribution < -0.4 is 5.32 Å². The summed E-state index contributed by atoms with van der Waals surface area (Å²) in [5.74, 6) is 0.601. The minimum atomic E-state index is -0.531. The van der Waals surface area contributed by atoms with Crippen molar-refractivity contribution in [1.29, 1.82) is 0 Å². The molecule has 0 aliphatic heterocycles. The second kappa shape index (κ2) is 10.6. The lowest BCUT2D eigenvalue weighted by molar-refractivity contribution is 0.0109. The van der Waals surface area contributed by atoms with Crippen molar-refractivity contribution in [2.45, 2.75) is 78.0 Å². The molecule has 0 aromatic carbocycles. The van der Waals surface area contributed by atoms with E-state index in [4.69, 9.17) is 4.74 Å². The number of aliphatic hydroxyl groups is 2. The van der Waals surface area contributed by atoms with Crippen molar-refractivity contribution >= 4 is 0 Å². The first-order valence-electron chi connectivity index (χ1n) is 8.02. The zero-order valence-electron chi connectivity index (χ0n) is 14.0. The van der Waals surface area contributed by atoms with E-state index in [1.54, 1.807) is 6.92 Å². The van der Waals surface area contributed by atoms with Gasteiger partial charge in [-0.2, -0.15) is 0 Å². The number of hydrogen-bond acceptors (Lipinski definition) is 4. The highest BCUT2D eigenvalue weighted by Crippen LogP contribution is 2.13. The van der Waals surface area contributed by atoms with Crippen LogP contribution in [-0.2, 0) is 4.74 Å². The summed E-state index contributed by atoms with van der Waals surface area (Å²) in [5.41, 5.74) is -0.395. The van der Waals surface area contributed by atoms with Gasteiger partial charge in [-0.15, -0.1) is 0 Å². The predicted octanol–water partition coefficient (Wildman–Crippen LogP) is 2.33. The lowest BCUT2D eigenvalue weighted by Gasteiger charge is -2.30. The van der Waals surface area contributed by atoms with Gasteiger partial charge in [-0.3, -0.25) is 0 Å². The normalized spacial score (nSPS) is 16.9. The molecule has 0 amide bonds. The van der Waals surface area contributed by atoms with E-state index >= 15 is 0 Å². The van der Waals surface area contributed by atoms with Crippen molar-refractivity contribution < 1.29 is 14.9 Å².